The summed E-state index contributed by atoms with van der Waals surface area (Å²) in [7, 11) is 1.86. The van der Waals surface area contributed by atoms with E-state index in [1.807, 2.05) is 50.4 Å². The molecule has 168 valence electrons. The first kappa shape index (κ1) is 21.7. The third kappa shape index (κ3) is 5.80. The van der Waals surface area contributed by atoms with Gasteiger partial charge in [0, 0.05) is 52.6 Å². The number of para-hydroxylation sites is 1. The van der Waals surface area contributed by atoms with Gasteiger partial charge in [0.2, 0.25) is 0 Å². The largest absolute Gasteiger partial charge is 0.490 e. The second-order valence-electron chi connectivity index (χ2n) is 8.16. The molecule has 0 aliphatic carbocycles. The summed E-state index contributed by atoms with van der Waals surface area (Å²) in [6, 6.07) is 14.4. The number of benzene rings is 1. The number of hydrogen-bond donors (Lipinski definition) is 1. The fourth-order valence-corrected chi connectivity index (χ4v) is 4.33. The van der Waals surface area contributed by atoms with E-state index in [0.29, 0.717) is 0 Å². The Hall–Kier alpha value is -2.51. The Morgan fingerprint density at radius 1 is 1.10 bits per heavy atom. The van der Waals surface area contributed by atoms with Gasteiger partial charge in [-0.2, -0.15) is 0 Å². The minimum absolute atomic E-state index is 0.160. The second kappa shape index (κ2) is 10.7. The zero-order valence-corrected chi connectivity index (χ0v) is 18.6. The van der Waals surface area contributed by atoms with E-state index in [0.717, 1.165) is 82.0 Å². The van der Waals surface area contributed by atoms with Crippen LogP contribution in [-0.2, 0) is 4.74 Å². The Morgan fingerprint density at radius 3 is 2.48 bits per heavy atom. The molecule has 2 fully saturated rings. The van der Waals surface area contributed by atoms with Crippen molar-refractivity contribution in [3.05, 3.63) is 54.0 Å². The summed E-state index contributed by atoms with van der Waals surface area (Å²) >= 11 is 0. The number of furan rings is 1. The lowest BCUT2D eigenvalue weighted by Crippen LogP contribution is -2.50. The molecule has 0 radical (unpaired) electrons. The van der Waals surface area contributed by atoms with Crippen LogP contribution in [0.4, 0.5) is 0 Å². The minimum atomic E-state index is 0.160. The van der Waals surface area contributed by atoms with Crippen molar-refractivity contribution in [1.82, 2.24) is 15.1 Å². The van der Waals surface area contributed by atoms with Gasteiger partial charge in [-0.15, -0.1) is 0 Å². The number of aliphatic imine (C=N–C) groups is 1. The molecule has 0 spiro atoms. The SMILES string of the molecule is CN=C(NCC(c1ccc(C)o1)N1CCOCC1)N1CCC(Oc2ccccc2)CC1. The fourth-order valence-electron chi connectivity index (χ4n) is 4.33. The van der Waals surface area contributed by atoms with Gasteiger partial charge >= 0.3 is 0 Å². The normalized spacial score (nSPS) is 19.9. The summed E-state index contributed by atoms with van der Waals surface area (Å²) in [5.41, 5.74) is 0. The van der Waals surface area contributed by atoms with Crippen LogP contribution in [0.15, 0.2) is 51.9 Å². The van der Waals surface area contributed by atoms with E-state index in [4.69, 9.17) is 13.9 Å². The number of aryl methyl sites for hydroxylation is 1. The van der Waals surface area contributed by atoms with E-state index < -0.39 is 0 Å². The van der Waals surface area contributed by atoms with Gasteiger partial charge < -0.3 is 24.1 Å². The third-order valence-electron chi connectivity index (χ3n) is 6.03. The molecule has 2 aliphatic rings. The number of nitrogens with zero attached hydrogens (tertiary/aromatic N) is 3. The summed E-state index contributed by atoms with van der Waals surface area (Å²) in [5, 5.41) is 3.60. The number of nitrogens with one attached hydrogen (secondary N) is 1. The van der Waals surface area contributed by atoms with E-state index in [-0.39, 0.29) is 12.1 Å². The van der Waals surface area contributed by atoms with Crippen LogP contribution in [-0.4, -0.2) is 74.8 Å². The molecule has 0 bridgehead atoms. The number of hydrogen-bond acceptors (Lipinski definition) is 5. The molecule has 2 saturated heterocycles. The maximum absolute atomic E-state index is 6.14. The molecule has 4 rings (SSSR count). The number of likely N-dealkylation sites (tertiary alicyclic amines) is 1. The smallest absolute Gasteiger partial charge is 0.193 e. The molecule has 1 aromatic heterocycles. The van der Waals surface area contributed by atoms with Crippen molar-refractivity contribution in [2.45, 2.75) is 31.9 Å². The molecule has 1 atom stereocenters. The van der Waals surface area contributed by atoms with Crippen molar-refractivity contribution in [1.29, 1.82) is 0 Å². The van der Waals surface area contributed by atoms with Gasteiger partial charge in [-0.3, -0.25) is 9.89 Å². The van der Waals surface area contributed by atoms with Gasteiger partial charge in [0.25, 0.3) is 0 Å². The Balaban J connectivity index is 1.32. The second-order valence-corrected chi connectivity index (χ2v) is 8.16. The highest BCUT2D eigenvalue weighted by molar-refractivity contribution is 5.80. The number of rotatable bonds is 6. The topological polar surface area (TPSA) is 62.5 Å². The standard InChI is InChI=1S/C24H34N4O3/c1-19-8-9-23(30-19)22(27-14-16-29-17-15-27)18-26-24(25-2)28-12-10-21(11-13-28)31-20-6-4-3-5-7-20/h3-9,21-22H,10-18H2,1-2H3,(H,25,26). The monoisotopic (exact) mass is 426 g/mol. The van der Waals surface area contributed by atoms with Gasteiger partial charge in [0.15, 0.2) is 5.96 Å². The van der Waals surface area contributed by atoms with Crippen LogP contribution in [0.2, 0.25) is 0 Å². The third-order valence-corrected chi connectivity index (χ3v) is 6.03. The lowest BCUT2D eigenvalue weighted by molar-refractivity contribution is 0.0123. The molecule has 0 saturated carbocycles. The van der Waals surface area contributed by atoms with Crippen molar-refractivity contribution in [3.63, 3.8) is 0 Å². The first-order valence-electron chi connectivity index (χ1n) is 11.3. The average Bonchev–Trinajstić information content (AvgIpc) is 3.25. The molecule has 1 N–H and O–H groups in total. The van der Waals surface area contributed by atoms with Crippen LogP contribution in [0.1, 0.15) is 30.4 Å². The first-order chi connectivity index (χ1) is 15.2. The molecule has 1 unspecified atom stereocenters. The molecule has 31 heavy (non-hydrogen) atoms. The molecular formula is C24H34N4O3. The highest BCUT2D eigenvalue weighted by atomic mass is 16.5. The lowest BCUT2D eigenvalue weighted by atomic mass is 10.1. The van der Waals surface area contributed by atoms with Gasteiger partial charge in [-0.1, -0.05) is 18.2 Å². The van der Waals surface area contributed by atoms with Crippen molar-refractivity contribution >= 4 is 5.96 Å². The van der Waals surface area contributed by atoms with Crippen molar-refractivity contribution in [2.24, 2.45) is 4.99 Å². The van der Waals surface area contributed by atoms with Crippen molar-refractivity contribution in [3.8, 4) is 5.75 Å². The van der Waals surface area contributed by atoms with Gasteiger partial charge in [0.05, 0.1) is 19.3 Å². The summed E-state index contributed by atoms with van der Waals surface area (Å²) in [6.45, 7) is 7.95. The Bertz CT molecular complexity index is 824. The molecule has 7 nitrogen and oxygen atoms in total. The fraction of sp³-hybridized carbons (Fsp3) is 0.542. The number of morpholine rings is 1. The predicted molar refractivity (Wildman–Crippen MR) is 122 cm³/mol. The summed E-state index contributed by atoms with van der Waals surface area (Å²) in [4.78, 5) is 9.31. The van der Waals surface area contributed by atoms with Crippen LogP contribution in [0.5, 0.6) is 5.75 Å². The van der Waals surface area contributed by atoms with Crippen molar-refractivity contribution in [2.75, 3.05) is 53.0 Å². The molecule has 1 aromatic carbocycles. The van der Waals surface area contributed by atoms with Gasteiger partial charge in [-0.25, -0.2) is 0 Å². The van der Waals surface area contributed by atoms with Crippen LogP contribution in [0.3, 0.4) is 0 Å². The Labute approximate surface area is 185 Å². The van der Waals surface area contributed by atoms with Crippen LogP contribution in [0.25, 0.3) is 0 Å². The van der Waals surface area contributed by atoms with E-state index >= 15 is 0 Å². The number of ether oxygens (including phenoxy) is 2. The van der Waals surface area contributed by atoms with Gasteiger partial charge in [0.1, 0.15) is 23.4 Å². The molecular weight excluding hydrogens is 392 g/mol. The average molecular weight is 427 g/mol. The molecule has 0 amide bonds. The van der Waals surface area contributed by atoms with E-state index in [9.17, 15) is 0 Å². The zero-order chi connectivity index (χ0) is 21.5. The lowest BCUT2D eigenvalue weighted by Gasteiger charge is -2.36. The van der Waals surface area contributed by atoms with Crippen LogP contribution in [0, 0.1) is 6.92 Å². The summed E-state index contributed by atoms with van der Waals surface area (Å²) in [6.07, 6.45) is 2.23. The number of piperidine rings is 1. The zero-order valence-electron chi connectivity index (χ0n) is 18.6. The maximum Gasteiger partial charge on any atom is 0.193 e. The highest BCUT2D eigenvalue weighted by Gasteiger charge is 2.27. The first-order valence-corrected chi connectivity index (χ1v) is 11.3. The maximum atomic E-state index is 6.14. The Kier molecular flexibility index (Phi) is 7.48. The quantitative estimate of drug-likeness (QED) is 0.566. The minimum Gasteiger partial charge on any atom is -0.490 e. The molecule has 7 heteroatoms. The Morgan fingerprint density at radius 2 is 1.84 bits per heavy atom. The van der Waals surface area contributed by atoms with E-state index in [1.165, 1.54) is 0 Å². The van der Waals surface area contributed by atoms with E-state index in [1.54, 1.807) is 0 Å². The number of guanidine groups is 1. The van der Waals surface area contributed by atoms with E-state index in [2.05, 4.69) is 26.2 Å². The predicted octanol–water partition coefficient (Wildman–Crippen LogP) is 3.08. The van der Waals surface area contributed by atoms with Crippen molar-refractivity contribution < 1.29 is 13.9 Å². The van der Waals surface area contributed by atoms with Gasteiger partial charge in [-0.05, 0) is 31.2 Å². The molecule has 3 heterocycles. The summed E-state index contributed by atoms with van der Waals surface area (Å²) in [5.74, 6) is 3.83. The van der Waals surface area contributed by atoms with Crippen LogP contribution < -0.4 is 10.1 Å². The molecule has 2 aromatic rings. The summed E-state index contributed by atoms with van der Waals surface area (Å²) < 4.78 is 17.7. The van der Waals surface area contributed by atoms with Crippen LogP contribution >= 0.6 is 0 Å². The molecule has 2 aliphatic heterocycles. The highest BCUT2D eigenvalue weighted by Crippen LogP contribution is 2.24.